The van der Waals surface area contributed by atoms with Gasteiger partial charge in [0.15, 0.2) is 0 Å². The molecule has 6 nitrogen and oxygen atoms in total. The first kappa shape index (κ1) is 14.7. The number of carbonyl (C=O) groups excluding carboxylic acids is 3. The van der Waals surface area contributed by atoms with Gasteiger partial charge in [0.25, 0.3) is 0 Å². The molecule has 0 bridgehead atoms. The minimum Gasteiger partial charge on any atom is -0.321 e. The van der Waals surface area contributed by atoms with Crippen molar-refractivity contribution < 1.29 is 14.4 Å². The van der Waals surface area contributed by atoms with E-state index in [1.807, 2.05) is 6.07 Å². The van der Waals surface area contributed by atoms with Gasteiger partial charge in [-0.2, -0.15) is 5.26 Å². The number of amides is 3. The van der Waals surface area contributed by atoms with Crippen LogP contribution in [0.25, 0.3) is 0 Å². The fraction of sp³-hybridized carbons (Fsp3) is 0.333. The van der Waals surface area contributed by atoms with Crippen molar-refractivity contribution >= 4 is 17.7 Å². The number of hydrogen-bond donors (Lipinski definition) is 1. The lowest BCUT2D eigenvalue weighted by atomic mass is 10.1. The van der Waals surface area contributed by atoms with E-state index in [2.05, 4.69) is 5.32 Å². The number of nitriles is 1. The minimum absolute atomic E-state index is 0.0979. The maximum Gasteiger partial charge on any atom is 0.249 e. The summed E-state index contributed by atoms with van der Waals surface area (Å²) in [5.74, 6) is -1.16. The van der Waals surface area contributed by atoms with Gasteiger partial charge in [-0.3, -0.25) is 19.7 Å². The molecule has 21 heavy (non-hydrogen) atoms. The molecular weight excluding hydrogens is 270 g/mol. The molecule has 1 N–H and O–H groups in total. The van der Waals surface area contributed by atoms with E-state index in [0.29, 0.717) is 12.0 Å². The number of carbonyl (C=O) groups is 3. The molecule has 1 atom stereocenters. The van der Waals surface area contributed by atoms with Crippen LogP contribution in [-0.4, -0.2) is 35.2 Å². The van der Waals surface area contributed by atoms with E-state index < -0.39 is 17.9 Å². The lowest BCUT2D eigenvalue weighted by molar-refractivity contribution is -0.149. The van der Waals surface area contributed by atoms with Crippen molar-refractivity contribution in [3.63, 3.8) is 0 Å². The first-order chi connectivity index (χ1) is 10.0. The summed E-state index contributed by atoms with van der Waals surface area (Å²) in [7, 11) is 0. The molecule has 1 aliphatic heterocycles. The van der Waals surface area contributed by atoms with E-state index in [-0.39, 0.29) is 18.9 Å². The van der Waals surface area contributed by atoms with Crippen molar-refractivity contribution in [1.82, 2.24) is 10.2 Å². The third-order valence-corrected chi connectivity index (χ3v) is 3.40. The Hall–Kier alpha value is -2.68. The van der Waals surface area contributed by atoms with Gasteiger partial charge in [-0.1, -0.05) is 19.1 Å². The van der Waals surface area contributed by atoms with Crippen LogP contribution < -0.4 is 5.32 Å². The van der Waals surface area contributed by atoms with Crippen molar-refractivity contribution in [2.24, 2.45) is 0 Å². The number of piperazine rings is 1. The quantitative estimate of drug-likeness (QED) is 0.812. The van der Waals surface area contributed by atoms with Gasteiger partial charge in [0.05, 0.1) is 18.1 Å². The summed E-state index contributed by atoms with van der Waals surface area (Å²) in [6.45, 7) is 1.70. The van der Waals surface area contributed by atoms with Crippen molar-refractivity contribution in [2.45, 2.75) is 25.8 Å². The fourth-order valence-electron chi connectivity index (χ4n) is 2.31. The Morgan fingerprint density at radius 1 is 1.38 bits per heavy atom. The van der Waals surface area contributed by atoms with Gasteiger partial charge in [-0.15, -0.1) is 0 Å². The van der Waals surface area contributed by atoms with Crippen LogP contribution >= 0.6 is 0 Å². The van der Waals surface area contributed by atoms with Gasteiger partial charge in [-0.05, 0) is 24.1 Å². The predicted molar refractivity (Wildman–Crippen MR) is 73.8 cm³/mol. The van der Waals surface area contributed by atoms with Gasteiger partial charge >= 0.3 is 0 Å². The number of nitrogens with zero attached hydrogens (tertiary/aromatic N) is 2. The Bertz CT molecular complexity index is 616. The SMILES string of the molecule is CCC1C(=O)NC(=O)CN1C(=O)Cc1ccc(C#N)cc1. The van der Waals surface area contributed by atoms with Crippen LogP contribution in [0.4, 0.5) is 0 Å². The van der Waals surface area contributed by atoms with Crippen LogP contribution in [0.1, 0.15) is 24.5 Å². The molecule has 0 aliphatic carbocycles. The lowest BCUT2D eigenvalue weighted by Gasteiger charge is -2.33. The maximum atomic E-state index is 12.3. The fourth-order valence-corrected chi connectivity index (χ4v) is 2.31. The van der Waals surface area contributed by atoms with Crippen molar-refractivity contribution in [2.75, 3.05) is 6.54 Å². The van der Waals surface area contributed by atoms with E-state index >= 15 is 0 Å². The molecule has 0 aromatic heterocycles. The third kappa shape index (κ3) is 3.26. The molecule has 6 heteroatoms. The van der Waals surface area contributed by atoms with E-state index in [4.69, 9.17) is 5.26 Å². The van der Waals surface area contributed by atoms with Gasteiger partial charge < -0.3 is 4.90 Å². The Morgan fingerprint density at radius 3 is 2.62 bits per heavy atom. The predicted octanol–water partition coefficient (Wildman–Crippen LogP) is 0.364. The first-order valence-electron chi connectivity index (χ1n) is 6.67. The molecule has 1 aromatic rings. The van der Waals surface area contributed by atoms with Crippen LogP contribution in [0.3, 0.4) is 0 Å². The van der Waals surface area contributed by atoms with Crippen LogP contribution in [0.5, 0.6) is 0 Å². The molecule has 2 rings (SSSR count). The monoisotopic (exact) mass is 285 g/mol. The standard InChI is InChI=1S/C15H15N3O3/c1-2-12-15(21)17-13(19)9-18(12)14(20)7-10-3-5-11(8-16)6-4-10/h3-6,12H,2,7,9H2,1H3,(H,17,19,21). The molecule has 1 heterocycles. The number of imide groups is 1. The summed E-state index contributed by atoms with van der Waals surface area (Å²) in [5.41, 5.74) is 1.26. The van der Waals surface area contributed by atoms with Crippen molar-refractivity contribution in [1.29, 1.82) is 5.26 Å². The average Bonchev–Trinajstić information content (AvgIpc) is 2.47. The molecule has 3 amide bonds. The molecule has 1 fully saturated rings. The molecular formula is C15H15N3O3. The number of rotatable bonds is 3. The summed E-state index contributed by atoms with van der Waals surface area (Å²) >= 11 is 0. The maximum absolute atomic E-state index is 12.3. The van der Waals surface area contributed by atoms with Crippen LogP contribution in [0.2, 0.25) is 0 Å². The largest absolute Gasteiger partial charge is 0.321 e. The molecule has 1 aliphatic rings. The molecule has 108 valence electrons. The third-order valence-electron chi connectivity index (χ3n) is 3.40. The molecule has 1 saturated heterocycles. The average molecular weight is 285 g/mol. The highest BCUT2D eigenvalue weighted by Crippen LogP contribution is 2.13. The summed E-state index contributed by atoms with van der Waals surface area (Å²) in [6, 6.07) is 8.06. The zero-order valence-corrected chi connectivity index (χ0v) is 11.6. The highest BCUT2D eigenvalue weighted by molar-refractivity contribution is 6.04. The number of nitrogens with one attached hydrogen (secondary N) is 1. The van der Waals surface area contributed by atoms with Gasteiger partial charge in [-0.25, -0.2) is 0 Å². The second-order valence-electron chi connectivity index (χ2n) is 4.84. The normalized spacial score (nSPS) is 18.1. The van der Waals surface area contributed by atoms with Gasteiger partial charge in [0, 0.05) is 0 Å². The second-order valence-corrected chi connectivity index (χ2v) is 4.84. The Labute approximate surface area is 122 Å². The van der Waals surface area contributed by atoms with Crippen LogP contribution in [0.15, 0.2) is 24.3 Å². The highest BCUT2D eigenvalue weighted by Gasteiger charge is 2.35. The van der Waals surface area contributed by atoms with Crippen molar-refractivity contribution in [3.8, 4) is 6.07 Å². The summed E-state index contributed by atoms with van der Waals surface area (Å²) in [6.07, 6.45) is 0.557. The molecule has 0 radical (unpaired) electrons. The minimum atomic E-state index is -0.603. The Balaban J connectivity index is 2.12. The van der Waals surface area contributed by atoms with E-state index in [1.54, 1.807) is 31.2 Å². The smallest absolute Gasteiger partial charge is 0.249 e. The molecule has 1 aromatic carbocycles. The summed E-state index contributed by atoms with van der Waals surface area (Å²) < 4.78 is 0. The van der Waals surface area contributed by atoms with E-state index in [0.717, 1.165) is 5.56 Å². The van der Waals surface area contributed by atoms with E-state index in [9.17, 15) is 14.4 Å². The second kappa shape index (κ2) is 6.18. The highest BCUT2D eigenvalue weighted by atomic mass is 16.2. The number of benzene rings is 1. The number of hydrogen-bond acceptors (Lipinski definition) is 4. The summed E-state index contributed by atoms with van der Waals surface area (Å²) in [5, 5.41) is 11.0. The van der Waals surface area contributed by atoms with Gasteiger partial charge in [0.1, 0.15) is 12.6 Å². The van der Waals surface area contributed by atoms with Crippen molar-refractivity contribution in [3.05, 3.63) is 35.4 Å². The zero-order valence-electron chi connectivity index (χ0n) is 11.6. The van der Waals surface area contributed by atoms with Crippen LogP contribution in [-0.2, 0) is 20.8 Å². The Kier molecular flexibility index (Phi) is 4.33. The summed E-state index contributed by atoms with van der Waals surface area (Å²) in [4.78, 5) is 36.8. The van der Waals surface area contributed by atoms with E-state index in [1.165, 1.54) is 4.90 Å². The topological polar surface area (TPSA) is 90.3 Å². The van der Waals surface area contributed by atoms with Crippen LogP contribution in [0, 0.1) is 11.3 Å². The molecule has 0 spiro atoms. The van der Waals surface area contributed by atoms with Gasteiger partial charge in [0.2, 0.25) is 17.7 Å². The zero-order chi connectivity index (χ0) is 15.4. The lowest BCUT2D eigenvalue weighted by Crippen LogP contribution is -2.59. The molecule has 0 saturated carbocycles. The Morgan fingerprint density at radius 2 is 2.05 bits per heavy atom. The molecule has 1 unspecified atom stereocenters. The first-order valence-corrected chi connectivity index (χ1v) is 6.67.